The zero-order chi connectivity index (χ0) is 9.14. The predicted molar refractivity (Wildman–Crippen MR) is 42.5 cm³/mol. The molecular weight excluding hydrogens is 158 g/mol. The van der Waals surface area contributed by atoms with E-state index in [1.54, 1.807) is 13.0 Å². The lowest BCUT2D eigenvalue weighted by atomic mass is 10.2. The van der Waals surface area contributed by atoms with Crippen LogP contribution in [0.15, 0.2) is 12.1 Å². The van der Waals surface area contributed by atoms with E-state index in [-0.39, 0.29) is 5.69 Å². The maximum Gasteiger partial charge on any atom is 0.354 e. The molecule has 4 nitrogen and oxygen atoms in total. The number of aromatic carboxylic acids is 1. The number of pyridine rings is 1. The van der Waals surface area contributed by atoms with Crippen LogP contribution in [0.4, 0.5) is 0 Å². The van der Waals surface area contributed by atoms with E-state index in [1.807, 2.05) is 0 Å². The third-order valence-corrected chi connectivity index (χ3v) is 1.46. The van der Waals surface area contributed by atoms with Crippen LogP contribution in [0.5, 0.6) is 5.88 Å². The van der Waals surface area contributed by atoms with Crippen molar-refractivity contribution >= 4 is 5.97 Å². The van der Waals surface area contributed by atoms with Gasteiger partial charge in [-0.3, -0.25) is 0 Å². The van der Waals surface area contributed by atoms with Gasteiger partial charge in [0, 0.05) is 5.56 Å². The Bertz CT molecular complexity index is 309. The molecule has 1 N–H and O–H groups in total. The molecule has 12 heavy (non-hydrogen) atoms. The van der Waals surface area contributed by atoms with E-state index in [9.17, 15) is 4.79 Å². The maximum absolute atomic E-state index is 10.5. The molecule has 0 saturated carbocycles. The molecular formula is C8H9NO3. The van der Waals surface area contributed by atoms with Crippen LogP contribution < -0.4 is 4.74 Å². The van der Waals surface area contributed by atoms with Gasteiger partial charge in [0.2, 0.25) is 5.88 Å². The minimum Gasteiger partial charge on any atom is -0.481 e. The molecule has 0 aliphatic carbocycles. The monoisotopic (exact) mass is 167 g/mol. The largest absolute Gasteiger partial charge is 0.481 e. The fourth-order valence-electron chi connectivity index (χ4n) is 0.836. The minimum atomic E-state index is -1.05. The van der Waals surface area contributed by atoms with Gasteiger partial charge in [-0.25, -0.2) is 9.78 Å². The van der Waals surface area contributed by atoms with Gasteiger partial charge in [0.25, 0.3) is 0 Å². The lowest BCUT2D eigenvalue weighted by molar-refractivity contribution is 0.0689. The Kier molecular flexibility index (Phi) is 2.28. The lowest BCUT2D eigenvalue weighted by Crippen LogP contribution is -2.02. The van der Waals surface area contributed by atoms with Crippen molar-refractivity contribution in [1.29, 1.82) is 0 Å². The average Bonchev–Trinajstić information content (AvgIpc) is 2.05. The number of hydrogen-bond donors (Lipinski definition) is 1. The summed E-state index contributed by atoms with van der Waals surface area (Å²) in [5, 5.41) is 8.58. The Morgan fingerprint density at radius 2 is 2.25 bits per heavy atom. The van der Waals surface area contributed by atoms with Crippen LogP contribution in [0.1, 0.15) is 16.1 Å². The number of methoxy groups -OCH3 is 1. The van der Waals surface area contributed by atoms with Gasteiger partial charge in [-0.15, -0.1) is 0 Å². The van der Waals surface area contributed by atoms with Crippen molar-refractivity contribution in [3.05, 3.63) is 23.4 Å². The zero-order valence-corrected chi connectivity index (χ0v) is 6.87. The van der Waals surface area contributed by atoms with Crippen molar-refractivity contribution in [2.75, 3.05) is 7.11 Å². The number of ether oxygens (including phenoxy) is 1. The third-order valence-electron chi connectivity index (χ3n) is 1.46. The summed E-state index contributed by atoms with van der Waals surface area (Å²) in [7, 11) is 1.46. The van der Waals surface area contributed by atoms with Crippen LogP contribution in [0.3, 0.4) is 0 Å². The normalized spacial score (nSPS) is 9.50. The Morgan fingerprint density at radius 1 is 1.58 bits per heavy atom. The molecule has 0 aromatic carbocycles. The highest BCUT2D eigenvalue weighted by atomic mass is 16.5. The van der Waals surface area contributed by atoms with Crippen LogP contribution >= 0.6 is 0 Å². The van der Waals surface area contributed by atoms with Gasteiger partial charge in [0.05, 0.1) is 7.11 Å². The van der Waals surface area contributed by atoms with Gasteiger partial charge in [0.1, 0.15) is 0 Å². The smallest absolute Gasteiger partial charge is 0.354 e. The second-order valence-electron chi connectivity index (χ2n) is 2.33. The number of carboxylic acids is 1. The summed E-state index contributed by atoms with van der Waals surface area (Å²) in [4.78, 5) is 14.2. The maximum atomic E-state index is 10.5. The highest BCUT2D eigenvalue weighted by Crippen LogP contribution is 2.13. The summed E-state index contributed by atoms with van der Waals surface area (Å²) >= 11 is 0. The van der Waals surface area contributed by atoms with Crippen LogP contribution in [-0.4, -0.2) is 23.2 Å². The second kappa shape index (κ2) is 3.21. The Balaban J connectivity index is 3.13. The van der Waals surface area contributed by atoms with E-state index < -0.39 is 5.97 Å². The lowest BCUT2D eigenvalue weighted by Gasteiger charge is -2.02. The van der Waals surface area contributed by atoms with Crippen LogP contribution in [0.25, 0.3) is 0 Å². The topological polar surface area (TPSA) is 59.4 Å². The van der Waals surface area contributed by atoms with E-state index in [0.717, 1.165) is 5.56 Å². The van der Waals surface area contributed by atoms with Crippen molar-refractivity contribution < 1.29 is 14.6 Å². The predicted octanol–water partition coefficient (Wildman–Crippen LogP) is 1.10. The molecule has 0 unspecified atom stereocenters. The number of aryl methyl sites for hydroxylation is 1. The standard InChI is InChI=1S/C8H9NO3/c1-5-3-4-6(8(10)11)9-7(5)12-2/h3-4H,1-2H3,(H,10,11). The van der Waals surface area contributed by atoms with Crippen molar-refractivity contribution in [3.8, 4) is 5.88 Å². The number of hydrogen-bond acceptors (Lipinski definition) is 3. The fraction of sp³-hybridized carbons (Fsp3) is 0.250. The molecule has 4 heteroatoms. The molecule has 1 aromatic heterocycles. The van der Waals surface area contributed by atoms with Crippen molar-refractivity contribution in [1.82, 2.24) is 4.98 Å². The van der Waals surface area contributed by atoms with Crippen LogP contribution in [0.2, 0.25) is 0 Å². The summed E-state index contributed by atoms with van der Waals surface area (Å²) in [6.45, 7) is 1.80. The van der Waals surface area contributed by atoms with Gasteiger partial charge in [-0.05, 0) is 13.0 Å². The molecule has 0 atom stereocenters. The first kappa shape index (κ1) is 8.52. The Hall–Kier alpha value is -1.58. The Labute approximate surface area is 69.8 Å². The highest BCUT2D eigenvalue weighted by molar-refractivity contribution is 5.85. The first-order chi connectivity index (χ1) is 5.65. The number of carboxylic acid groups (broad SMARTS) is 1. The first-order valence-electron chi connectivity index (χ1n) is 3.40. The SMILES string of the molecule is COc1nc(C(=O)O)ccc1C. The van der Waals surface area contributed by atoms with Gasteiger partial charge >= 0.3 is 5.97 Å². The number of aromatic nitrogens is 1. The van der Waals surface area contributed by atoms with Crippen LogP contribution in [-0.2, 0) is 0 Å². The van der Waals surface area contributed by atoms with Crippen molar-refractivity contribution in [2.45, 2.75) is 6.92 Å². The highest BCUT2D eigenvalue weighted by Gasteiger charge is 2.07. The van der Waals surface area contributed by atoms with Gasteiger partial charge in [-0.2, -0.15) is 0 Å². The minimum absolute atomic E-state index is 0.00236. The van der Waals surface area contributed by atoms with Gasteiger partial charge in [0.15, 0.2) is 5.69 Å². The molecule has 0 aliphatic rings. The molecule has 0 fully saturated rings. The molecule has 0 radical (unpaired) electrons. The zero-order valence-electron chi connectivity index (χ0n) is 6.87. The molecule has 64 valence electrons. The summed E-state index contributed by atoms with van der Waals surface area (Å²) in [5.41, 5.74) is 0.819. The molecule has 0 spiro atoms. The summed E-state index contributed by atoms with van der Waals surface area (Å²) in [6, 6.07) is 3.11. The van der Waals surface area contributed by atoms with Crippen LogP contribution in [0, 0.1) is 6.92 Å². The molecule has 0 bridgehead atoms. The fourth-order valence-corrected chi connectivity index (χ4v) is 0.836. The number of nitrogens with zero attached hydrogens (tertiary/aromatic N) is 1. The first-order valence-corrected chi connectivity index (χ1v) is 3.40. The summed E-state index contributed by atoms with van der Waals surface area (Å²) < 4.78 is 4.86. The van der Waals surface area contributed by atoms with E-state index in [1.165, 1.54) is 13.2 Å². The summed E-state index contributed by atoms with van der Waals surface area (Å²) in [5.74, 6) is -0.691. The van der Waals surface area contributed by atoms with E-state index in [4.69, 9.17) is 9.84 Å². The molecule has 0 saturated heterocycles. The molecule has 0 amide bonds. The molecule has 1 heterocycles. The van der Waals surface area contributed by atoms with Gasteiger partial charge < -0.3 is 9.84 Å². The average molecular weight is 167 g/mol. The second-order valence-corrected chi connectivity index (χ2v) is 2.33. The van der Waals surface area contributed by atoms with Crippen molar-refractivity contribution in [2.24, 2.45) is 0 Å². The van der Waals surface area contributed by atoms with Crippen molar-refractivity contribution in [3.63, 3.8) is 0 Å². The quantitative estimate of drug-likeness (QED) is 0.716. The van der Waals surface area contributed by atoms with Gasteiger partial charge in [-0.1, -0.05) is 6.07 Å². The molecule has 1 rings (SSSR count). The third kappa shape index (κ3) is 1.53. The van der Waals surface area contributed by atoms with E-state index >= 15 is 0 Å². The molecule has 0 aliphatic heterocycles. The molecule has 1 aromatic rings. The number of rotatable bonds is 2. The van der Waals surface area contributed by atoms with E-state index in [0.29, 0.717) is 5.88 Å². The summed E-state index contributed by atoms with van der Waals surface area (Å²) in [6.07, 6.45) is 0. The Morgan fingerprint density at radius 3 is 2.75 bits per heavy atom. The number of carbonyl (C=O) groups is 1. The van der Waals surface area contributed by atoms with E-state index in [2.05, 4.69) is 4.98 Å².